The lowest BCUT2D eigenvalue weighted by Gasteiger charge is -2.16. The van der Waals surface area contributed by atoms with E-state index in [1.165, 1.54) is 0 Å². The number of aromatic nitrogens is 3. The summed E-state index contributed by atoms with van der Waals surface area (Å²) in [7, 11) is 1.58. The Bertz CT molecular complexity index is 737. The molecule has 1 saturated heterocycles. The molecule has 24 heavy (non-hydrogen) atoms. The number of benzene rings is 1. The lowest BCUT2D eigenvalue weighted by molar-refractivity contribution is 0.0835. The number of nitrogens with zero attached hydrogens (tertiary/aromatic N) is 3. The zero-order valence-electron chi connectivity index (χ0n) is 13.9. The zero-order valence-corrected chi connectivity index (χ0v) is 13.9. The molecule has 1 aromatic heterocycles. The van der Waals surface area contributed by atoms with Gasteiger partial charge in [-0.15, -0.1) is 0 Å². The molecule has 0 amide bonds. The van der Waals surface area contributed by atoms with E-state index in [-0.39, 0.29) is 6.10 Å². The van der Waals surface area contributed by atoms with Crippen LogP contribution in [0, 0.1) is 24.2 Å². The smallest absolute Gasteiger partial charge is 0.179 e. The van der Waals surface area contributed by atoms with Crippen molar-refractivity contribution in [1.29, 1.82) is 5.26 Å². The zero-order chi connectivity index (χ0) is 16.9. The van der Waals surface area contributed by atoms with Gasteiger partial charge in [-0.2, -0.15) is 10.4 Å². The van der Waals surface area contributed by atoms with Crippen LogP contribution in [-0.4, -0.2) is 35.4 Å². The molecule has 0 saturated carbocycles. The highest BCUT2D eigenvalue weighted by atomic mass is 16.5. The lowest BCUT2D eigenvalue weighted by atomic mass is 10.0. The maximum Gasteiger partial charge on any atom is 0.179 e. The standard InChI is InChI=1S/C17H21N5O2/c1-11-20-17(22-21-11)16-14(5-6-24-16)10-19-9-12-3-4-13(8-18)15(7-12)23-2/h3-4,7,14,16,19H,5-6,9-10H2,1-2H3,(H,20,21,22)/t14-,16-/m0/s1. The predicted octanol–water partition coefficient (Wildman–Crippen LogP) is 1.86. The minimum atomic E-state index is -0.0575. The molecule has 1 fully saturated rings. The van der Waals surface area contributed by atoms with Gasteiger partial charge in [0.2, 0.25) is 0 Å². The molecule has 0 unspecified atom stereocenters. The second kappa shape index (κ2) is 7.43. The first kappa shape index (κ1) is 16.4. The highest BCUT2D eigenvalue weighted by Gasteiger charge is 2.32. The van der Waals surface area contributed by atoms with Gasteiger partial charge in [-0.3, -0.25) is 5.10 Å². The van der Waals surface area contributed by atoms with Crippen molar-refractivity contribution in [2.45, 2.75) is 26.0 Å². The summed E-state index contributed by atoms with van der Waals surface area (Å²) < 4.78 is 11.0. The van der Waals surface area contributed by atoms with Gasteiger partial charge < -0.3 is 14.8 Å². The van der Waals surface area contributed by atoms with Gasteiger partial charge in [-0.05, 0) is 31.0 Å². The second-order valence-corrected chi connectivity index (χ2v) is 5.90. The van der Waals surface area contributed by atoms with E-state index >= 15 is 0 Å². The Balaban J connectivity index is 1.57. The summed E-state index contributed by atoms with van der Waals surface area (Å²) in [5, 5.41) is 19.6. The van der Waals surface area contributed by atoms with E-state index in [1.807, 2.05) is 19.1 Å². The molecule has 3 rings (SSSR count). The number of H-pyrrole nitrogens is 1. The minimum absolute atomic E-state index is 0.0575. The van der Waals surface area contributed by atoms with Gasteiger partial charge in [0.1, 0.15) is 23.7 Å². The Morgan fingerprint density at radius 3 is 3.08 bits per heavy atom. The normalized spacial score (nSPS) is 20.0. The predicted molar refractivity (Wildman–Crippen MR) is 87.3 cm³/mol. The number of nitrogens with one attached hydrogen (secondary N) is 2. The van der Waals surface area contributed by atoms with E-state index in [2.05, 4.69) is 26.6 Å². The summed E-state index contributed by atoms with van der Waals surface area (Å²) in [4.78, 5) is 4.38. The van der Waals surface area contributed by atoms with Crippen molar-refractivity contribution in [3.63, 3.8) is 0 Å². The summed E-state index contributed by atoms with van der Waals surface area (Å²) in [5.41, 5.74) is 1.63. The summed E-state index contributed by atoms with van der Waals surface area (Å²) in [6.45, 7) is 4.14. The van der Waals surface area contributed by atoms with Gasteiger partial charge in [0, 0.05) is 25.6 Å². The van der Waals surface area contributed by atoms with Crippen LogP contribution < -0.4 is 10.1 Å². The molecule has 0 aliphatic carbocycles. The van der Waals surface area contributed by atoms with Crippen LogP contribution in [-0.2, 0) is 11.3 Å². The number of hydrogen-bond acceptors (Lipinski definition) is 6. The van der Waals surface area contributed by atoms with Crippen LogP contribution in [0.15, 0.2) is 18.2 Å². The second-order valence-electron chi connectivity index (χ2n) is 5.90. The van der Waals surface area contributed by atoms with E-state index in [4.69, 9.17) is 14.7 Å². The largest absolute Gasteiger partial charge is 0.495 e. The van der Waals surface area contributed by atoms with Crippen LogP contribution in [0.1, 0.15) is 35.3 Å². The average molecular weight is 327 g/mol. The first-order valence-corrected chi connectivity index (χ1v) is 7.99. The number of ether oxygens (including phenoxy) is 2. The number of nitriles is 1. The van der Waals surface area contributed by atoms with E-state index in [0.717, 1.165) is 36.8 Å². The highest BCUT2D eigenvalue weighted by Crippen LogP contribution is 2.32. The van der Waals surface area contributed by atoms with E-state index in [0.29, 0.717) is 23.8 Å². The third-order valence-electron chi connectivity index (χ3n) is 4.21. The van der Waals surface area contributed by atoms with Crippen LogP contribution >= 0.6 is 0 Å². The molecule has 2 heterocycles. The van der Waals surface area contributed by atoms with Crippen molar-refractivity contribution in [2.75, 3.05) is 20.3 Å². The van der Waals surface area contributed by atoms with E-state index in [1.54, 1.807) is 13.2 Å². The number of rotatable bonds is 6. The Morgan fingerprint density at radius 1 is 1.50 bits per heavy atom. The Morgan fingerprint density at radius 2 is 2.38 bits per heavy atom. The molecule has 126 valence electrons. The number of methoxy groups -OCH3 is 1. The summed E-state index contributed by atoms with van der Waals surface area (Å²) in [5.74, 6) is 2.49. The van der Waals surface area contributed by atoms with Gasteiger partial charge in [0.05, 0.1) is 12.7 Å². The SMILES string of the molecule is COc1cc(CNC[C@@H]2CCO[C@@H]2c2n[nH]c(C)n2)ccc1C#N. The van der Waals surface area contributed by atoms with Crippen LogP contribution in [0.25, 0.3) is 0 Å². The van der Waals surface area contributed by atoms with Crippen molar-refractivity contribution in [3.05, 3.63) is 41.0 Å². The van der Waals surface area contributed by atoms with Crippen LogP contribution in [0.5, 0.6) is 5.75 Å². The fourth-order valence-electron chi connectivity index (χ4n) is 2.96. The molecule has 7 nitrogen and oxygen atoms in total. The summed E-state index contributed by atoms with van der Waals surface area (Å²) >= 11 is 0. The van der Waals surface area contributed by atoms with E-state index in [9.17, 15) is 0 Å². The van der Waals surface area contributed by atoms with Crippen molar-refractivity contribution in [3.8, 4) is 11.8 Å². The first-order chi connectivity index (χ1) is 11.7. The molecule has 0 spiro atoms. The molecule has 0 bridgehead atoms. The minimum Gasteiger partial charge on any atom is -0.495 e. The molecule has 2 N–H and O–H groups in total. The summed E-state index contributed by atoms with van der Waals surface area (Å²) in [6, 6.07) is 7.74. The van der Waals surface area contributed by atoms with Crippen LogP contribution in [0.4, 0.5) is 0 Å². The molecule has 2 atom stereocenters. The van der Waals surface area contributed by atoms with Gasteiger partial charge in [0.15, 0.2) is 5.82 Å². The topological polar surface area (TPSA) is 95.8 Å². The quantitative estimate of drug-likeness (QED) is 0.841. The number of aromatic amines is 1. The van der Waals surface area contributed by atoms with Crippen LogP contribution in [0.3, 0.4) is 0 Å². The van der Waals surface area contributed by atoms with Crippen molar-refractivity contribution >= 4 is 0 Å². The maximum atomic E-state index is 9.03. The fraction of sp³-hybridized carbons (Fsp3) is 0.471. The Labute approximate surface area is 141 Å². The fourth-order valence-corrected chi connectivity index (χ4v) is 2.96. The van der Waals surface area contributed by atoms with Crippen molar-refractivity contribution < 1.29 is 9.47 Å². The molecule has 1 aliphatic heterocycles. The van der Waals surface area contributed by atoms with Crippen LogP contribution in [0.2, 0.25) is 0 Å². The molecule has 0 radical (unpaired) electrons. The third kappa shape index (κ3) is 3.55. The van der Waals surface area contributed by atoms with Crippen molar-refractivity contribution in [1.82, 2.24) is 20.5 Å². The molecular formula is C17H21N5O2. The Kier molecular flexibility index (Phi) is 5.08. The number of hydrogen-bond donors (Lipinski definition) is 2. The Hall–Kier alpha value is -2.43. The molecule has 1 aliphatic rings. The molecule has 1 aromatic carbocycles. The monoisotopic (exact) mass is 327 g/mol. The highest BCUT2D eigenvalue weighted by molar-refractivity contribution is 5.45. The van der Waals surface area contributed by atoms with Gasteiger partial charge in [0.25, 0.3) is 0 Å². The summed E-state index contributed by atoms with van der Waals surface area (Å²) in [6.07, 6.45) is 0.931. The third-order valence-corrected chi connectivity index (χ3v) is 4.21. The molecular weight excluding hydrogens is 306 g/mol. The van der Waals surface area contributed by atoms with Gasteiger partial charge in [-0.1, -0.05) is 6.07 Å². The average Bonchev–Trinajstić information content (AvgIpc) is 3.23. The maximum absolute atomic E-state index is 9.03. The van der Waals surface area contributed by atoms with Crippen molar-refractivity contribution in [2.24, 2.45) is 5.92 Å². The lowest BCUT2D eigenvalue weighted by Crippen LogP contribution is -2.25. The van der Waals surface area contributed by atoms with Gasteiger partial charge in [-0.25, -0.2) is 4.98 Å². The number of aryl methyl sites for hydroxylation is 1. The van der Waals surface area contributed by atoms with E-state index < -0.39 is 0 Å². The molecule has 2 aromatic rings. The van der Waals surface area contributed by atoms with Gasteiger partial charge >= 0.3 is 0 Å². The molecule has 7 heteroatoms. The first-order valence-electron chi connectivity index (χ1n) is 7.99.